The molecule has 1 aromatic carbocycles. The quantitative estimate of drug-likeness (QED) is 0.766. The summed E-state index contributed by atoms with van der Waals surface area (Å²) in [6.07, 6.45) is 8.76. The zero-order valence-corrected chi connectivity index (χ0v) is 15.3. The van der Waals surface area contributed by atoms with Crippen molar-refractivity contribution in [1.29, 1.82) is 0 Å². The van der Waals surface area contributed by atoms with E-state index in [-0.39, 0.29) is 5.91 Å². The molecule has 0 radical (unpaired) electrons. The molecular formula is C21H27N3O2. The van der Waals surface area contributed by atoms with Crippen molar-refractivity contribution in [3.63, 3.8) is 0 Å². The number of para-hydroxylation sites is 1. The predicted molar refractivity (Wildman–Crippen MR) is 104 cm³/mol. The van der Waals surface area contributed by atoms with Crippen LogP contribution in [0.2, 0.25) is 0 Å². The molecule has 0 unspecified atom stereocenters. The standard InChI is InChI=1S/C21H27N3O2/c1-26-19-11-7-6-8-16(19)14-22-20-13-12-17(15-23-20)21(25)24-18-9-4-2-3-5-10-18/h6-8,11-13,15,18H,2-5,9-10,14H2,1H3,(H,22,23)(H,24,25). The monoisotopic (exact) mass is 353 g/mol. The van der Waals surface area contributed by atoms with Gasteiger partial charge in [0.15, 0.2) is 0 Å². The number of benzene rings is 1. The van der Waals surface area contributed by atoms with Gasteiger partial charge in [0.2, 0.25) is 0 Å². The van der Waals surface area contributed by atoms with Crippen LogP contribution in [-0.4, -0.2) is 24.0 Å². The Morgan fingerprint density at radius 3 is 2.58 bits per heavy atom. The van der Waals surface area contributed by atoms with Crippen molar-refractivity contribution < 1.29 is 9.53 Å². The summed E-state index contributed by atoms with van der Waals surface area (Å²) in [6.45, 7) is 0.616. The molecule has 0 atom stereocenters. The minimum atomic E-state index is -0.0271. The Bertz CT molecular complexity index is 707. The molecule has 0 aliphatic heterocycles. The minimum absolute atomic E-state index is 0.0271. The normalized spacial score (nSPS) is 15.1. The summed E-state index contributed by atoms with van der Waals surface area (Å²) in [4.78, 5) is 16.8. The Balaban J connectivity index is 1.55. The lowest BCUT2D eigenvalue weighted by Gasteiger charge is -2.16. The molecule has 1 heterocycles. The molecule has 138 valence electrons. The zero-order valence-electron chi connectivity index (χ0n) is 15.3. The number of anilines is 1. The SMILES string of the molecule is COc1ccccc1CNc1ccc(C(=O)NC2CCCCCC2)cn1. The average molecular weight is 353 g/mol. The summed E-state index contributed by atoms with van der Waals surface area (Å²) in [5.41, 5.74) is 1.67. The van der Waals surface area contributed by atoms with Crippen LogP contribution in [0.3, 0.4) is 0 Å². The third-order valence-electron chi connectivity index (χ3n) is 4.87. The van der Waals surface area contributed by atoms with E-state index in [2.05, 4.69) is 15.6 Å². The smallest absolute Gasteiger partial charge is 0.253 e. The Morgan fingerprint density at radius 1 is 1.12 bits per heavy atom. The van der Waals surface area contributed by atoms with Crippen LogP contribution in [0.4, 0.5) is 5.82 Å². The lowest BCUT2D eigenvalue weighted by molar-refractivity contribution is 0.0933. The van der Waals surface area contributed by atoms with Crippen LogP contribution in [0, 0.1) is 0 Å². The molecule has 2 N–H and O–H groups in total. The minimum Gasteiger partial charge on any atom is -0.496 e. The first kappa shape index (κ1) is 18.2. The van der Waals surface area contributed by atoms with E-state index in [1.165, 1.54) is 25.7 Å². The summed E-state index contributed by atoms with van der Waals surface area (Å²) in [7, 11) is 1.67. The topological polar surface area (TPSA) is 63.2 Å². The lowest BCUT2D eigenvalue weighted by atomic mass is 10.1. The summed E-state index contributed by atoms with van der Waals surface area (Å²) >= 11 is 0. The van der Waals surface area contributed by atoms with Gasteiger partial charge < -0.3 is 15.4 Å². The first-order chi connectivity index (χ1) is 12.8. The largest absolute Gasteiger partial charge is 0.496 e. The van der Waals surface area contributed by atoms with Crippen molar-refractivity contribution in [3.8, 4) is 5.75 Å². The van der Waals surface area contributed by atoms with Gasteiger partial charge >= 0.3 is 0 Å². The van der Waals surface area contributed by atoms with Gasteiger partial charge in [0, 0.05) is 24.3 Å². The van der Waals surface area contributed by atoms with Crippen LogP contribution in [-0.2, 0) is 6.54 Å². The fraction of sp³-hybridized carbons (Fsp3) is 0.429. The van der Waals surface area contributed by atoms with Crippen molar-refractivity contribution in [2.45, 2.75) is 51.1 Å². The van der Waals surface area contributed by atoms with Gasteiger partial charge in [0.25, 0.3) is 5.91 Å². The molecule has 1 aliphatic rings. The number of carbonyl (C=O) groups is 1. The third kappa shape index (κ3) is 4.97. The highest BCUT2D eigenvalue weighted by Gasteiger charge is 2.16. The van der Waals surface area contributed by atoms with Crippen molar-refractivity contribution in [2.24, 2.45) is 0 Å². The lowest BCUT2D eigenvalue weighted by Crippen LogP contribution is -2.34. The number of rotatable bonds is 6. The molecule has 0 spiro atoms. The number of pyridine rings is 1. The number of methoxy groups -OCH3 is 1. The van der Waals surface area contributed by atoms with Crippen LogP contribution in [0.1, 0.15) is 54.4 Å². The molecular weight excluding hydrogens is 326 g/mol. The van der Waals surface area contributed by atoms with E-state index in [1.807, 2.05) is 36.4 Å². The van der Waals surface area contributed by atoms with Gasteiger partial charge in [-0.15, -0.1) is 0 Å². The van der Waals surface area contributed by atoms with E-state index in [0.717, 1.165) is 30.0 Å². The number of nitrogens with zero attached hydrogens (tertiary/aromatic N) is 1. The van der Waals surface area contributed by atoms with Gasteiger partial charge in [-0.2, -0.15) is 0 Å². The van der Waals surface area contributed by atoms with Gasteiger partial charge in [0.1, 0.15) is 11.6 Å². The zero-order chi connectivity index (χ0) is 18.2. The summed E-state index contributed by atoms with van der Waals surface area (Å²) < 4.78 is 5.35. The van der Waals surface area contributed by atoms with Crippen molar-refractivity contribution in [1.82, 2.24) is 10.3 Å². The van der Waals surface area contributed by atoms with Crippen LogP contribution >= 0.6 is 0 Å². The Labute approximate surface area is 155 Å². The summed E-state index contributed by atoms with van der Waals surface area (Å²) in [5, 5.41) is 6.42. The van der Waals surface area contributed by atoms with E-state index in [4.69, 9.17) is 4.74 Å². The highest BCUT2D eigenvalue weighted by atomic mass is 16.5. The number of hydrogen-bond donors (Lipinski definition) is 2. The number of hydrogen-bond acceptors (Lipinski definition) is 4. The van der Waals surface area contributed by atoms with Crippen molar-refractivity contribution in [3.05, 3.63) is 53.7 Å². The van der Waals surface area contributed by atoms with E-state index < -0.39 is 0 Å². The molecule has 1 fully saturated rings. The molecule has 5 heteroatoms. The molecule has 2 aromatic rings. The Kier molecular flexibility index (Phi) is 6.47. The predicted octanol–water partition coefficient (Wildman–Crippen LogP) is 4.15. The number of aromatic nitrogens is 1. The van der Waals surface area contributed by atoms with E-state index >= 15 is 0 Å². The molecule has 1 aromatic heterocycles. The van der Waals surface area contributed by atoms with Gasteiger partial charge in [0.05, 0.1) is 12.7 Å². The Morgan fingerprint density at radius 2 is 1.88 bits per heavy atom. The van der Waals surface area contributed by atoms with E-state index in [0.29, 0.717) is 18.2 Å². The van der Waals surface area contributed by atoms with Crippen LogP contribution in [0.25, 0.3) is 0 Å². The maximum Gasteiger partial charge on any atom is 0.253 e. The Hall–Kier alpha value is -2.56. The van der Waals surface area contributed by atoms with Gasteiger partial charge in [-0.3, -0.25) is 4.79 Å². The molecule has 1 saturated carbocycles. The highest BCUT2D eigenvalue weighted by molar-refractivity contribution is 5.94. The average Bonchev–Trinajstić information content (AvgIpc) is 2.95. The maximum atomic E-state index is 12.4. The molecule has 5 nitrogen and oxygen atoms in total. The maximum absolute atomic E-state index is 12.4. The first-order valence-electron chi connectivity index (χ1n) is 9.39. The van der Waals surface area contributed by atoms with E-state index in [1.54, 1.807) is 13.3 Å². The van der Waals surface area contributed by atoms with E-state index in [9.17, 15) is 4.79 Å². The molecule has 0 saturated heterocycles. The fourth-order valence-corrected chi connectivity index (χ4v) is 3.36. The molecule has 0 bridgehead atoms. The summed E-state index contributed by atoms with van der Waals surface area (Å²) in [6, 6.07) is 11.8. The third-order valence-corrected chi connectivity index (χ3v) is 4.87. The summed E-state index contributed by atoms with van der Waals surface area (Å²) in [5.74, 6) is 1.56. The second-order valence-electron chi connectivity index (χ2n) is 6.76. The highest BCUT2D eigenvalue weighted by Crippen LogP contribution is 2.19. The van der Waals surface area contributed by atoms with Crippen molar-refractivity contribution in [2.75, 3.05) is 12.4 Å². The van der Waals surface area contributed by atoms with Crippen LogP contribution in [0.15, 0.2) is 42.6 Å². The van der Waals surface area contributed by atoms with Crippen LogP contribution in [0.5, 0.6) is 5.75 Å². The number of carbonyl (C=O) groups excluding carboxylic acids is 1. The number of nitrogens with one attached hydrogen (secondary N) is 2. The second kappa shape index (κ2) is 9.22. The second-order valence-corrected chi connectivity index (χ2v) is 6.76. The molecule has 3 rings (SSSR count). The molecule has 1 aliphatic carbocycles. The number of ether oxygens (including phenoxy) is 1. The fourth-order valence-electron chi connectivity index (χ4n) is 3.36. The van der Waals surface area contributed by atoms with Gasteiger partial charge in [-0.05, 0) is 31.0 Å². The first-order valence-corrected chi connectivity index (χ1v) is 9.39. The molecule has 1 amide bonds. The van der Waals surface area contributed by atoms with Crippen molar-refractivity contribution >= 4 is 11.7 Å². The van der Waals surface area contributed by atoms with Gasteiger partial charge in [-0.25, -0.2) is 4.98 Å². The van der Waals surface area contributed by atoms with Crippen LogP contribution < -0.4 is 15.4 Å². The van der Waals surface area contributed by atoms with Gasteiger partial charge in [-0.1, -0.05) is 43.9 Å². The molecule has 26 heavy (non-hydrogen) atoms. The number of amides is 1.